The van der Waals surface area contributed by atoms with E-state index >= 15 is 0 Å². The lowest BCUT2D eigenvalue weighted by atomic mass is 9.93. The average Bonchev–Trinajstić information content (AvgIpc) is 2.88. The highest BCUT2D eigenvalue weighted by Crippen LogP contribution is 2.30. The summed E-state index contributed by atoms with van der Waals surface area (Å²) in [5.41, 5.74) is 15.6. The molecule has 0 unspecified atom stereocenters. The van der Waals surface area contributed by atoms with Gasteiger partial charge in [0.2, 0.25) is 0 Å². The maximum absolute atomic E-state index is 6.21. The second-order valence-corrected chi connectivity index (χ2v) is 6.52. The number of benzene rings is 1. The molecule has 0 aliphatic carbocycles. The number of nitrogen functional groups attached to an aromatic ring is 1. The van der Waals surface area contributed by atoms with Crippen LogP contribution in [0.25, 0.3) is 21.9 Å². The lowest BCUT2D eigenvalue weighted by Crippen LogP contribution is -2.34. The fourth-order valence-electron chi connectivity index (χ4n) is 2.83. The van der Waals surface area contributed by atoms with Crippen molar-refractivity contribution in [3.05, 3.63) is 29.6 Å². The van der Waals surface area contributed by atoms with Crippen molar-refractivity contribution >= 4 is 27.8 Å². The zero-order valence-corrected chi connectivity index (χ0v) is 13.8. The molecule has 0 atom stereocenters. The molecule has 5 N–H and O–H groups in total. The topological polar surface area (TPSA) is 103 Å². The van der Waals surface area contributed by atoms with Crippen LogP contribution in [-0.4, -0.2) is 27.1 Å². The summed E-state index contributed by atoms with van der Waals surface area (Å²) < 4.78 is 5.44. The minimum absolute atomic E-state index is 0.313. The van der Waals surface area contributed by atoms with Crippen LogP contribution < -0.4 is 11.5 Å². The van der Waals surface area contributed by atoms with Crippen LogP contribution in [0.4, 0.5) is 5.82 Å². The number of imidazole rings is 1. The largest absolute Gasteiger partial charge is 0.382 e. The summed E-state index contributed by atoms with van der Waals surface area (Å²) in [5, 5.41) is 1.01. The van der Waals surface area contributed by atoms with Gasteiger partial charge in [-0.25, -0.2) is 9.97 Å². The third kappa shape index (κ3) is 3.13. The first-order valence-electron chi connectivity index (χ1n) is 7.81. The standard InChI is InChI=1S/C17H23N5O/c1-4-23-9-12-21-14-13-10(8-17(2,3)19)6-5-7-11(13)20-16(18)15(14)22-12/h5-7H,4,8-9,19H2,1-3H3,(H2,18,20)(H,21,22). The molecule has 0 saturated carbocycles. The van der Waals surface area contributed by atoms with Crippen LogP contribution >= 0.6 is 0 Å². The molecule has 0 saturated heterocycles. The van der Waals surface area contributed by atoms with E-state index in [-0.39, 0.29) is 5.54 Å². The Labute approximate surface area is 135 Å². The number of anilines is 1. The van der Waals surface area contributed by atoms with Gasteiger partial charge in [0.1, 0.15) is 29.3 Å². The number of aromatic amines is 1. The molecule has 3 aromatic rings. The number of nitrogens with zero attached hydrogens (tertiary/aromatic N) is 2. The summed E-state index contributed by atoms with van der Waals surface area (Å²) in [4.78, 5) is 12.4. The summed E-state index contributed by atoms with van der Waals surface area (Å²) in [7, 11) is 0. The van der Waals surface area contributed by atoms with Crippen LogP contribution in [0.3, 0.4) is 0 Å². The third-order valence-corrected chi connectivity index (χ3v) is 3.70. The van der Waals surface area contributed by atoms with Crippen molar-refractivity contribution < 1.29 is 4.74 Å². The van der Waals surface area contributed by atoms with Gasteiger partial charge >= 0.3 is 0 Å². The van der Waals surface area contributed by atoms with Gasteiger partial charge in [-0.15, -0.1) is 0 Å². The first-order valence-corrected chi connectivity index (χ1v) is 7.81. The van der Waals surface area contributed by atoms with Gasteiger partial charge in [-0.3, -0.25) is 0 Å². The van der Waals surface area contributed by atoms with Crippen molar-refractivity contribution in [2.75, 3.05) is 12.3 Å². The monoisotopic (exact) mass is 313 g/mol. The zero-order valence-electron chi connectivity index (χ0n) is 13.8. The van der Waals surface area contributed by atoms with Crippen molar-refractivity contribution in [1.82, 2.24) is 15.0 Å². The second-order valence-electron chi connectivity index (χ2n) is 6.52. The smallest absolute Gasteiger partial charge is 0.150 e. The van der Waals surface area contributed by atoms with E-state index in [4.69, 9.17) is 16.2 Å². The Morgan fingerprint density at radius 3 is 2.74 bits per heavy atom. The van der Waals surface area contributed by atoms with Crippen molar-refractivity contribution in [3.63, 3.8) is 0 Å². The summed E-state index contributed by atoms with van der Waals surface area (Å²) >= 11 is 0. The number of aromatic nitrogens is 3. The Kier molecular flexibility index (Phi) is 3.95. The molecule has 0 fully saturated rings. The van der Waals surface area contributed by atoms with Gasteiger partial charge in [-0.05, 0) is 38.8 Å². The normalized spacial score (nSPS) is 12.3. The van der Waals surface area contributed by atoms with Crippen LogP contribution in [0.15, 0.2) is 18.2 Å². The Hall–Kier alpha value is -2.18. The molecule has 2 aromatic heterocycles. The van der Waals surface area contributed by atoms with E-state index in [0.717, 1.165) is 39.7 Å². The van der Waals surface area contributed by atoms with Gasteiger partial charge in [0, 0.05) is 17.5 Å². The Morgan fingerprint density at radius 1 is 1.26 bits per heavy atom. The predicted octanol–water partition coefficient (Wildman–Crippen LogP) is 2.51. The molecule has 0 radical (unpaired) electrons. The minimum atomic E-state index is -0.313. The number of nitrogens with one attached hydrogen (secondary N) is 1. The Bertz CT molecular complexity index is 847. The quantitative estimate of drug-likeness (QED) is 0.671. The summed E-state index contributed by atoms with van der Waals surface area (Å²) in [6.07, 6.45) is 0.735. The molecule has 2 heterocycles. The van der Waals surface area contributed by atoms with Crippen molar-refractivity contribution in [2.45, 2.75) is 39.3 Å². The maximum Gasteiger partial charge on any atom is 0.150 e. The highest BCUT2D eigenvalue weighted by Gasteiger charge is 2.18. The number of hydrogen-bond donors (Lipinski definition) is 3. The number of H-pyrrole nitrogens is 1. The molecule has 0 bridgehead atoms. The molecule has 1 aromatic carbocycles. The SMILES string of the molecule is CCOCc1nc2c([nH]1)c(N)nc1cccc(CC(C)(C)N)c12. The average molecular weight is 313 g/mol. The highest BCUT2D eigenvalue weighted by atomic mass is 16.5. The third-order valence-electron chi connectivity index (χ3n) is 3.70. The van der Waals surface area contributed by atoms with Crippen LogP contribution in [0, 0.1) is 0 Å². The number of ether oxygens (including phenoxy) is 1. The molecule has 6 nitrogen and oxygen atoms in total. The van der Waals surface area contributed by atoms with Gasteiger partial charge < -0.3 is 21.2 Å². The van der Waals surface area contributed by atoms with Crippen LogP contribution in [-0.2, 0) is 17.8 Å². The predicted molar refractivity (Wildman–Crippen MR) is 93.1 cm³/mol. The minimum Gasteiger partial charge on any atom is -0.382 e. The summed E-state index contributed by atoms with van der Waals surface area (Å²) in [6.45, 7) is 7.04. The molecule has 0 aliphatic heterocycles. The van der Waals surface area contributed by atoms with E-state index in [9.17, 15) is 0 Å². The lowest BCUT2D eigenvalue weighted by molar-refractivity contribution is 0.129. The van der Waals surface area contributed by atoms with E-state index in [1.165, 1.54) is 0 Å². The number of rotatable bonds is 5. The molecule has 6 heteroatoms. The molecular weight excluding hydrogens is 290 g/mol. The van der Waals surface area contributed by atoms with Gasteiger partial charge in [0.25, 0.3) is 0 Å². The lowest BCUT2D eigenvalue weighted by Gasteiger charge is -2.19. The van der Waals surface area contributed by atoms with Crippen molar-refractivity contribution in [1.29, 1.82) is 0 Å². The first-order chi connectivity index (χ1) is 10.9. The van der Waals surface area contributed by atoms with E-state index in [0.29, 0.717) is 19.0 Å². The Morgan fingerprint density at radius 2 is 2.04 bits per heavy atom. The van der Waals surface area contributed by atoms with Crippen molar-refractivity contribution in [2.24, 2.45) is 5.73 Å². The van der Waals surface area contributed by atoms with Crippen LogP contribution in [0.5, 0.6) is 0 Å². The fourth-order valence-corrected chi connectivity index (χ4v) is 2.83. The summed E-state index contributed by atoms with van der Waals surface area (Å²) in [5.74, 6) is 1.21. The fraction of sp³-hybridized carbons (Fsp3) is 0.412. The molecule has 122 valence electrons. The summed E-state index contributed by atoms with van der Waals surface area (Å²) in [6, 6.07) is 6.01. The number of pyridine rings is 1. The molecule has 3 rings (SSSR count). The Balaban J connectivity index is 2.24. The highest BCUT2D eigenvalue weighted by molar-refractivity contribution is 6.07. The van der Waals surface area contributed by atoms with E-state index in [1.54, 1.807) is 0 Å². The van der Waals surface area contributed by atoms with Gasteiger partial charge in [-0.2, -0.15) is 0 Å². The van der Waals surface area contributed by atoms with Gasteiger partial charge in [0.15, 0.2) is 0 Å². The van der Waals surface area contributed by atoms with E-state index in [1.807, 2.05) is 32.9 Å². The van der Waals surface area contributed by atoms with E-state index in [2.05, 4.69) is 21.0 Å². The number of nitrogens with two attached hydrogens (primary N) is 2. The molecule has 23 heavy (non-hydrogen) atoms. The second kappa shape index (κ2) is 5.79. The van der Waals surface area contributed by atoms with Crippen LogP contribution in [0.1, 0.15) is 32.2 Å². The van der Waals surface area contributed by atoms with Crippen molar-refractivity contribution in [3.8, 4) is 0 Å². The zero-order chi connectivity index (χ0) is 16.6. The van der Waals surface area contributed by atoms with Gasteiger partial charge in [-0.1, -0.05) is 12.1 Å². The molecular formula is C17H23N5O. The molecule has 0 amide bonds. The van der Waals surface area contributed by atoms with E-state index < -0.39 is 0 Å². The number of fused-ring (bicyclic) bond motifs is 3. The van der Waals surface area contributed by atoms with Crippen LogP contribution in [0.2, 0.25) is 0 Å². The number of hydrogen-bond acceptors (Lipinski definition) is 5. The maximum atomic E-state index is 6.21. The molecule has 0 spiro atoms. The first kappa shape index (κ1) is 15.7. The van der Waals surface area contributed by atoms with Gasteiger partial charge in [0.05, 0.1) is 5.52 Å². The molecule has 0 aliphatic rings.